The minimum atomic E-state index is -4.63. The summed E-state index contributed by atoms with van der Waals surface area (Å²) in [5, 5.41) is 18.4. The summed E-state index contributed by atoms with van der Waals surface area (Å²) >= 11 is 0. The second-order valence-electron chi connectivity index (χ2n) is 16.1. The van der Waals surface area contributed by atoms with E-state index in [-0.39, 0.29) is 19.4 Å². The molecule has 0 aliphatic carbocycles. The van der Waals surface area contributed by atoms with Crippen LogP contribution in [0.2, 0.25) is 0 Å². The first-order chi connectivity index (χ1) is 30.2. The Hall–Kier alpha value is -2.59. The molecule has 0 spiro atoms. The third kappa shape index (κ3) is 45.4. The van der Waals surface area contributed by atoms with E-state index in [9.17, 15) is 24.2 Å². The van der Waals surface area contributed by atoms with Crippen molar-refractivity contribution in [2.75, 3.05) is 26.4 Å². The van der Waals surface area contributed by atoms with Crippen LogP contribution in [0.25, 0.3) is 0 Å². The first kappa shape index (κ1) is 59.4. The van der Waals surface area contributed by atoms with Crippen molar-refractivity contribution in [3.63, 3.8) is 0 Å². The fourth-order valence-electron chi connectivity index (χ4n) is 6.37. The van der Waals surface area contributed by atoms with Gasteiger partial charge in [-0.05, 0) is 83.5 Å². The number of ether oxygens (including phenoxy) is 2. The van der Waals surface area contributed by atoms with Crippen LogP contribution in [0, 0.1) is 0 Å². The molecule has 358 valence electrons. The van der Waals surface area contributed by atoms with E-state index in [4.69, 9.17) is 23.6 Å². The van der Waals surface area contributed by atoms with Gasteiger partial charge in [0.25, 0.3) is 0 Å². The van der Waals surface area contributed by atoms with Gasteiger partial charge in [0.15, 0.2) is 6.10 Å². The quantitative estimate of drug-likeness (QED) is 0.0233. The number of phosphoric ester groups is 1. The van der Waals surface area contributed by atoms with Gasteiger partial charge in [-0.25, -0.2) is 4.57 Å². The van der Waals surface area contributed by atoms with Gasteiger partial charge in [-0.2, -0.15) is 0 Å². The van der Waals surface area contributed by atoms with Crippen molar-refractivity contribution < 1.29 is 47.8 Å². The average Bonchev–Trinajstić information content (AvgIpc) is 3.26. The lowest BCUT2D eigenvalue weighted by Crippen LogP contribution is -2.29. The number of aliphatic hydroxyl groups is 2. The van der Waals surface area contributed by atoms with Crippen LogP contribution in [0.15, 0.2) is 72.9 Å². The zero-order valence-corrected chi connectivity index (χ0v) is 40.0. The van der Waals surface area contributed by atoms with E-state index in [0.717, 1.165) is 89.9 Å². The maximum absolute atomic E-state index is 12.7. The predicted molar refractivity (Wildman–Crippen MR) is 256 cm³/mol. The highest BCUT2D eigenvalue weighted by Crippen LogP contribution is 2.43. The van der Waals surface area contributed by atoms with Gasteiger partial charge in [0.1, 0.15) is 12.7 Å². The minimum Gasteiger partial charge on any atom is -0.462 e. The third-order valence-electron chi connectivity index (χ3n) is 10.1. The van der Waals surface area contributed by atoms with Gasteiger partial charge < -0.3 is 24.6 Å². The highest BCUT2D eigenvalue weighted by atomic mass is 31.2. The maximum atomic E-state index is 12.7. The second kappa shape index (κ2) is 46.4. The summed E-state index contributed by atoms with van der Waals surface area (Å²) in [7, 11) is -4.63. The Kier molecular flexibility index (Phi) is 44.5. The SMILES string of the molecule is CC/C=C\C/C=C\C/C=C\C/C=C\CCCCCCCCCCCCC(=O)OC(COC(=O)CCCCCCC/C=C\C/C=C\CCCCCC)COP(=O)(O)OCC(O)CO. The molecule has 3 N–H and O–H groups in total. The zero-order valence-electron chi connectivity index (χ0n) is 39.1. The molecular weight excluding hydrogens is 804 g/mol. The highest BCUT2D eigenvalue weighted by molar-refractivity contribution is 7.47. The minimum absolute atomic E-state index is 0.172. The van der Waals surface area contributed by atoms with Crippen LogP contribution in [0.4, 0.5) is 0 Å². The normalized spacial score (nSPS) is 14.3. The van der Waals surface area contributed by atoms with Crippen LogP contribution in [0.3, 0.4) is 0 Å². The molecule has 0 aliphatic rings. The first-order valence-corrected chi connectivity index (χ1v) is 25.9. The van der Waals surface area contributed by atoms with Crippen molar-refractivity contribution in [3.05, 3.63) is 72.9 Å². The Bertz CT molecular complexity index is 1260. The molecule has 0 aromatic carbocycles. The van der Waals surface area contributed by atoms with Crippen molar-refractivity contribution in [1.29, 1.82) is 0 Å². The van der Waals surface area contributed by atoms with E-state index in [2.05, 4.69) is 86.8 Å². The summed E-state index contributed by atoms with van der Waals surface area (Å²) in [5.74, 6) is -0.947. The number of hydrogen-bond donors (Lipinski definition) is 3. The molecule has 62 heavy (non-hydrogen) atoms. The molecule has 3 atom stereocenters. The van der Waals surface area contributed by atoms with Crippen molar-refractivity contribution in [1.82, 2.24) is 0 Å². The fourth-order valence-corrected chi connectivity index (χ4v) is 7.16. The Morgan fingerprint density at radius 1 is 0.500 bits per heavy atom. The van der Waals surface area contributed by atoms with E-state index in [0.29, 0.717) is 12.8 Å². The van der Waals surface area contributed by atoms with Gasteiger partial charge >= 0.3 is 19.8 Å². The van der Waals surface area contributed by atoms with Crippen LogP contribution in [-0.2, 0) is 32.7 Å². The van der Waals surface area contributed by atoms with Gasteiger partial charge in [0, 0.05) is 12.8 Å². The number of rotatable bonds is 45. The molecule has 0 fully saturated rings. The second-order valence-corrected chi connectivity index (χ2v) is 17.6. The number of hydrogen-bond acceptors (Lipinski definition) is 9. The molecule has 0 amide bonds. The Balaban J connectivity index is 4.24. The summed E-state index contributed by atoms with van der Waals surface area (Å²) in [4.78, 5) is 35.1. The molecule has 0 aromatic heterocycles. The van der Waals surface area contributed by atoms with E-state index in [1.807, 2.05) is 0 Å². The van der Waals surface area contributed by atoms with E-state index < -0.39 is 51.8 Å². The molecule has 0 aromatic rings. The Morgan fingerprint density at radius 2 is 0.887 bits per heavy atom. The number of aliphatic hydroxyl groups excluding tert-OH is 2. The summed E-state index contributed by atoms with van der Waals surface area (Å²) in [5.41, 5.74) is 0. The lowest BCUT2D eigenvalue weighted by Gasteiger charge is -2.20. The van der Waals surface area contributed by atoms with Gasteiger partial charge in [-0.3, -0.25) is 18.6 Å². The zero-order chi connectivity index (χ0) is 45.5. The molecule has 0 heterocycles. The van der Waals surface area contributed by atoms with Gasteiger partial charge in [-0.15, -0.1) is 0 Å². The number of allylic oxidation sites excluding steroid dienone is 12. The third-order valence-corrected chi connectivity index (χ3v) is 11.0. The molecule has 10 nitrogen and oxygen atoms in total. The van der Waals surface area contributed by atoms with Crippen LogP contribution < -0.4 is 0 Å². The average molecular weight is 893 g/mol. The lowest BCUT2D eigenvalue weighted by molar-refractivity contribution is -0.161. The molecule has 0 saturated carbocycles. The predicted octanol–water partition coefficient (Wildman–Crippen LogP) is 13.6. The molecular formula is C51H89O10P. The molecule has 0 rings (SSSR count). The molecule has 3 unspecified atom stereocenters. The first-order valence-electron chi connectivity index (χ1n) is 24.4. The lowest BCUT2D eigenvalue weighted by atomic mass is 10.0. The number of phosphoric acid groups is 1. The highest BCUT2D eigenvalue weighted by Gasteiger charge is 2.27. The Morgan fingerprint density at radius 3 is 1.34 bits per heavy atom. The standard InChI is InChI=1S/C51H89O10P/c1-3-5-7-9-11-13-15-17-19-21-22-23-24-25-26-27-29-31-33-35-37-39-41-43-51(55)61-49(47-60-62(56,57)59-45-48(53)44-52)46-58-50(54)42-40-38-36-34-32-30-28-20-18-16-14-12-10-8-6-4-2/h5,7,11,13-14,16-17,19-20,22-23,28,48-49,52-53H,3-4,6,8-10,12,15,18,21,24-27,29-47H2,1-2H3,(H,56,57)/b7-5-,13-11-,16-14-,19-17-,23-22-,28-20-. The van der Waals surface area contributed by atoms with E-state index in [1.54, 1.807) is 0 Å². The molecule has 11 heteroatoms. The summed E-state index contributed by atoms with van der Waals surface area (Å²) in [6.07, 6.45) is 54.3. The van der Waals surface area contributed by atoms with Crippen LogP contribution in [0.5, 0.6) is 0 Å². The molecule has 0 radical (unpaired) electrons. The van der Waals surface area contributed by atoms with Crippen LogP contribution in [0.1, 0.15) is 200 Å². The number of esters is 2. The Labute approximate surface area is 378 Å². The number of carbonyl (C=O) groups is 2. The molecule has 0 aliphatic heterocycles. The van der Waals surface area contributed by atoms with Gasteiger partial charge in [0.2, 0.25) is 0 Å². The molecule has 0 bridgehead atoms. The van der Waals surface area contributed by atoms with Crippen LogP contribution in [-0.4, -0.2) is 65.7 Å². The van der Waals surface area contributed by atoms with Crippen molar-refractivity contribution in [2.24, 2.45) is 0 Å². The van der Waals surface area contributed by atoms with E-state index >= 15 is 0 Å². The summed E-state index contributed by atoms with van der Waals surface area (Å²) in [6.45, 7) is 2.24. The fraction of sp³-hybridized carbons (Fsp3) is 0.725. The largest absolute Gasteiger partial charge is 0.472 e. The van der Waals surface area contributed by atoms with Crippen LogP contribution >= 0.6 is 7.82 Å². The van der Waals surface area contributed by atoms with Crippen molar-refractivity contribution in [2.45, 2.75) is 212 Å². The summed E-state index contributed by atoms with van der Waals surface area (Å²) < 4.78 is 32.8. The van der Waals surface area contributed by atoms with Crippen molar-refractivity contribution in [3.8, 4) is 0 Å². The monoisotopic (exact) mass is 893 g/mol. The van der Waals surface area contributed by atoms with E-state index in [1.165, 1.54) is 70.6 Å². The summed E-state index contributed by atoms with van der Waals surface area (Å²) in [6, 6.07) is 0. The van der Waals surface area contributed by atoms with Gasteiger partial charge in [-0.1, -0.05) is 177 Å². The number of carbonyl (C=O) groups excluding carboxylic acids is 2. The number of unbranched alkanes of at least 4 members (excludes halogenated alkanes) is 19. The van der Waals surface area contributed by atoms with Gasteiger partial charge in [0.05, 0.1) is 19.8 Å². The molecule has 0 saturated heterocycles. The topological polar surface area (TPSA) is 149 Å². The maximum Gasteiger partial charge on any atom is 0.472 e. The van der Waals surface area contributed by atoms with Crippen molar-refractivity contribution >= 4 is 19.8 Å². The smallest absolute Gasteiger partial charge is 0.462 e.